The van der Waals surface area contributed by atoms with Crippen molar-refractivity contribution in [2.45, 2.75) is 52.2 Å². The summed E-state index contributed by atoms with van der Waals surface area (Å²) in [5, 5.41) is 6.33. The van der Waals surface area contributed by atoms with E-state index >= 15 is 0 Å². The summed E-state index contributed by atoms with van der Waals surface area (Å²) in [7, 11) is 0. The van der Waals surface area contributed by atoms with Crippen molar-refractivity contribution in [2.24, 2.45) is 5.92 Å². The van der Waals surface area contributed by atoms with E-state index in [-0.39, 0.29) is 11.6 Å². The summed E-state index contributed by atoms with van der Waals surface area (Å²) < 4.78 is 0. The third-order valence-electron chi connectivity index (χ3n) is 2.36. The number of amides is 1. The maximum absolute atomic E-state index is 11.5. The molecule has 0 bridgehead atoms. The van der Waals surface area contributed by atoms with Crippen LogP contribution in [0.4, 0.5) is 0 Å². The second-order valence-corrected chi connectivity index (χ2v) is 5.13. The van der Waals surface area contributed by atoms with Gasteiger partial charge in [-0.1, -0.05) is 13.8 Å². The molecule has 2 N–H and O–H groups in total. The molecule has 0 aliphatic carbocycles. The van der Waals surface area contributed by atoms with E-state index in [0.717, 1.165) is 6.42 Å². The van der Waals surface area contributed by atoms with Gasteiger partial charge in [-0.3, -0.25) is 10.1 Å². The topological polar surface area (TPSA) is 41.1 Å². The lowest BCUT2D eigenvalue weighted by Gasteiger charge is -2.28. The first kappa shape index (κ1) is 10.5. The highest BCUT2D eigenvalue weighted by Crippen LogP contribution is 2.23. The Bertz CT molecular complexity index is 223. The van der Waals surface area contributed by atoms with Crippen LogP contribution in [-0.2, 0) is 4.79 Å². The molecular formula is C10H20N2O. The van der Waals surface area contributed by atoms with Gasteiger partial charge in [0, 0.05) is 0 Å². The predicted octanol–water partition coefficient (Wildman–Crippen LogP) is 1.25. The van der Waals surface area contributed by atoms with Crippen molar-refractivity contribution in [3.8, 4) is 0 Å². The number of hydrogen-bond acceptors (Lipinski definition) is 2. The summed E-state index contributed by atoms with van der Waals surface area (Å²) >= 11 is 0. The Kier molecular flexibility index (Phi) is 2.41. The van der Waals surface area contributed by atoms with Crippen molar-refractivity contribution in [3.05, 3.63) is 0 Å². The SMILES string of the molecule is CC(C)CC1(C)NC(=O)C(C)(C)N1. The van der Waals surface area contributed by atoms with Gasteiger partial charge in [0.15, 0.2) is 0 Å². The van der Waals surface area contributed by atoms with Crippen LogP contribution in [0.2, 0.25) is 0 Å². The molecule has 0 saturated carbocycles. The van der Waals surface area contributed by atoms with Crippen molar-refractivity contribution in [1.82, 2.24) is 10.6 Å². The molecule has 1 rings (SSSR count). The third-order valence-corrected chi connectivity index (χ3v) is 2.36. The Hall–Kier alpha value is -0.570. The van der Waals surface area contributed by atoms with Gasteiger partial charge in [0.1, 0.15) is 0 Å². The van der Waals surface area contributed by atoms with Crippen LogP contribution in [0.5, 0.6) is 0 Å². The first-order valence-corrected chi connectivity index (χ1v) is 4.87. The second-order valence-electron chi connectivity index (χ2n) is 5.13. The Morgan fingerprint density at radius 3 is 2.15 bits per heavy atom. The molecule has 1 amide bonds. The van der Waals surface area contributed by atoms with Gasteiger partial charge >= 0.3 is 0 Å². The molecular weight excluding hydrogens is 164 g/mol. The average molecular weight is 184 g/mol. The second kappa shape index (κ2) is 2.98. The molecule has 13 heavy (non-hydrogen) atoms. The Balaban J connectivity index is 2.71. The summed E-state index contributed by atoms with van der Waals surface area (Å²) in [6.07, 6.45) is 0.960. The number of nitrogens with one attached hydrogen (secondary N) is 2. The molecule has 76 valence electrons. The zero-order valence-electron chi connectivity index (χ0n) is 9.19. The Labute approximate surface area is 80.3 Å². The quantitative estimate of drug-likeness (QED) is 0.678. The molecule has 0 radical (unpaired) electrons. The van der Waals surface area contributed by atoms with Crippen LogP contribution in [0, 0.1) is 5.92 Å². The summed E-state index contributed by atoms with van der Waals surface area (Å²) in [4.78, 5) is 11.5. The van der Waals surface area contributed by atoms with Crippen molar-refractivity contribution < 1.29 is 4.79 Å². The minimum atomic E-state index is -0.427. The summed E-state index contributed by atoms with van der Waals surface area (Å²) in [6.45, 7) is 10.2. The van der Waals surface area contributed by atoms with Crippen LogP contribution >= 0.6 is 0 Å². The largest absolute Gasteiger partial charge is 0.337 e. The molecule has 1 saturated heterocycles. The molecule has 1 atom stereocenters. The van der Waals surface area contributed by atoms with Gasteiger partial charge in [0.2, 0.25) is 5.91 Å². The van der Waals surface area contributed by atoms with Crippen LogP contribution in [0.15, 0.2) is 0 Å². The van der Waals surface area contributed by atoms with E-state index < -0.39 is 5.54 Å². The van der Waals surface area contributed by atoms with Crippen LogP contribution in [0.3, 0.4) is 0 Å². The van der Waals surface area contributed by atoms with E-state index in [2.05, 4.69) is 24.5 Å². The predicted molar refractivity (Wildman–Crippen MR) is 53.2 cm³/mol. The monoisotopic (exact) mass is 184 g/mol. The molecule has 1 aliphatic heterocycles. The standard InChI is InChI=1S/C10H20N2O/c1-7(2)6-10(5)11-8(13)9(3,4)12-10/h7,12H,6H2,1-5H3,(H,11,13). The van der Waals surface area contributed by atoms with Crippen LogP contribution < -0.4 is 10.6 Å². The van der Waals surface area contributed by atoms with E-state index in [0.29, 0.717) is 5.92 Å². The van der Waals surface area contributed by atoms with Gasteiger partial charge in [0.25, 0.3) is 0 Å². The summed E-state index contributed by atoms with van der Waals surface area (Å²) in [6, 6.07) is 0. The van der Waals surface area contributed by atoms with Crippen LogP contribution in [0.1, 0.15) is 41.0 Å². The lowest BCUT2D eigenvalue weighted by atomic mass is 9.99. The van der Waals surface area contributed by atoms with Crippen molar-refractivity contribution >= 4 is 5.91 Å². The smallest absolute Gasteiger partial charge is 0.241 e. The van der Waals surface area contributed by atoms with Crippen molar-refractivity contribution in [3.63, 3.8) is 0 Å². The van der Waals surface area contributed by atoms with E-state index in [1.54, 1.807) is 0 Å². The van der Waals surface area contributed by atoms with Crippen molar-refractivity contribution in [2.75, 3.05) is 0 Å². The molecule has 1 heterocycles. The normalized spacial score (nSPS) is 32.3. The van der Waals surface area contributed by atoms with Gasteiger partial charge in [-0.2, -0.15) is 0 Å². The highest BCUT2D eigenvalue weighted by atomic mass is 16.2. The molecule has 3 heteroatoms. The zero-order valence-corrected chi connectivity index (χ0v) is 9.19. The van der Waals surface area contributed by atoms with E-state index in [4.69, 9.17) is 0 Å². The van der Waals surface area contributed by atoms with Gasteiger partial charge < -0.3 is 5.32 Å². The molecule has 0 aromatic heterocycles. The molecule has 0 aromatic carbocycles. The Morgan fingerprint density at radius 2 is 1.85 bits per heavy atom. The van der Waals surface area contributed by atoms with Crippen molar-refractivity contribution in [1.29, 1.82) is 0 Å². The van der Waals surface area contributed by atoms with E-state index in [1.165, 1.54) is 0 Å². The highest BCUT2D eigenvalue weighted by Gasteiger charge is 2.45. The average Bonchev–Trinajstić information content (AvgIpc) is 1.98. The van der Waals surface area contributed by atoms with Gasteiger partial charge in [-0.15, -0.1) is 0 Å². The molecule has 1 fully saturated rings. The lowest BCUT2D eigenvalue weighted by Crippen LogP contribution is -2.50. The molecule has 3 nitrogen and oxygen atoms in total. The number of carbonyl (C=O) groups excluding carboxylic acids is 1. The number of rotatable bonds is 2. The maximum atomic E-state index is 11.5. The van der Waals surface area contributed by atoms with Crippen LogP contribution in [-0.4, -0.2) is 17.1 Å². The van der Waals surface area contributed by atoms with Gasteiger partial charge in [-0.25, -0.2) is 0 Å². The third kappa shape index (κ3) is 2.21. The fourth-order valence-electron chi connectivity index (χ4n) is 2.10. The summed E-state index contributed by atoms with van der Waals surface area (Å²) in [5.74, 6) is 0.669. The molecule has 1 unspecified atom stereocenters. The van der Waals surface area contributed by atoms with Gasteiger partial charge in [-0.05, 0) is 33.1 Å². The highest BCUT2D eigenvalue weighted by molar-refractivity contribution is 5.88. The zero-order chi connectivity index (χ0) is 10.3. The first-order chi connectivity index (χ1) is 5.75. The lowest BCUT2D eigenvalue weighted by molar-refractivity contribution is -0.123. The number of carbonyl (C=O) groups is 1. The van der Waals surface area contributed by atoms with E-state index in [9.17, 15) is 4.79 Å². The first-order valence-electron chi connectivity index (χ1n) is 4.87. The number of hydrogen-bond donors (Lipinski definition) is 2. The molecule has 0 aromatic rings. The minimum absolute atomic E-state index is 0.0932. The Morgan fingerprint density at radius 1 is 1.31 bits per heavy atom. The minimum Gasteiger partial charge on any atom is -0.337 e. The maximum Gasteiger partial charge on any atom is 0.241 e. The summed E-state index contributed by atoms with van der Waals surface area (Å²) in [5.41, 5.74) is -0.654. The van der Waals surface area contributed by atoms with Crippen LogP contribution in [0.25, 0.3) is 0 Å². The molecule has 1 aliphatic rings. The molecule has 0 spiro atoms. The van der Waals surface area contributed by atoms with E-state index in [1.807, 2.05) is 20.8 Å². The van der Waals surface area contributed by atoms with Gasteiger partial charge in [0.05, 0.1) is 11.2 Å². The fourth-order valence-corrected chi connectivity index (χ4v) is 2.10. The fraction of sp³-hybridized carbons (Fsp3) is 0.900.